The van der Waals surface area contributed by atoms with E-state index in [0.717, 1.165) is 41.4 Å². The number of carbonyl (C=O) groups excluding carboxylic acids is 1. The number of ether oxygens (including phenoxy) is 2. The van der Waals surface area contributed by atoms with Gasteiger partial charge in [-0.3, -0.25) is 9.78 Å². The molecule has 1 aromatic heterocycles. The molecule has 6 heteroatoms. The average molecular weight is 405 g/mol. The van der Waals surface area contributed by atoms with Gasteiger partial charge >= 0.3 is 0 Å². The summed E-state index contributed by atoms with van der Waals surface area (Å²) in [4.78, 5) is 17.4. The van der Waals surface area contributed by atoms with E-state index in [1.54, 1.807) is 13.3 Å². The van der Waals surface area contributed by atoms with Gasteiger partial charge in [0.2, 0.25) is 0 Å². The van der Waals surface area contributed by atoms with Crippen molar-refractivity contribution in [3.63, 3.8) is 0 Å². The Labute approximate surface area is 176 Å². The highest BCUT2D eigenvalue weighted by molar-refractivity contribution is 6.06. The van der Waals surface area contributed by atoms with Crippen LogP contribution in [0.4, 0.5) is 0 Å². The number of benzene rings is 2. The number of rotatable bonds is 9. The molecule has 6 nitrogen and oxygen atoms in total. The SMILES string of the molecule is CCCOc1ccc(/C=N\NC(=O)c2cc(CCC)nc3ccccc23)cc1OC. The van der Waals surface area contributed by atoms with E-state index in [1.807, 2.05) is 55.5 Å². The number of fused-ring (bicyclic) bond motifs is 1. The number of carbonyl (C=O) groups is 1. The molecule has 1 amide bonds. The van der Waals surface area contributed by atoms with Crippen LogP contribution in [0.1, 0.15) is 48.3 Å². The molecule has 0 unspecified atom stereocenters. The molecule has 0 bridgehead atoms. The van der Waals surface area contributed by atoms with Gasteiger partial charge in [0.15, 0.2) is 11.5 Å². The fourth-order valence-corrected chi connectivity index (χ4v) is 3.12. The van der Waals surface area contributed by atoms with Crippen molar-refractivity contribution in [2.75, 3.05) is 13.7 Å². The lowest BCUT2D eigenvalue weighted by Crippen LogP contribution is -2.18. The second-order valence-corrected chi connectivity index (χ2v) is 6.89. The summed E-state index contributed by atoms with van der Waals surface area (Å²) < 4.78 is 11.0. The van der Waals surface area contributed by atoms with E-state index in [9.17, 15) is 4.79 Å². The Morgan fingerprint density at radius 3 is 2.70 bits per heavy atom. The van der Waals surface area contributed by atoms with Gasteiger partial charge in [0.05, 0.1) is 31.0 Å². The molecular weight excluding hydrogens is 378 g/mol. The molecule has 0 saturated heterocycles. The van der Waals surface area contributed by atoms with Crippen molar-refractivity contribution in [1.29, 1.82) is 0 Å². The minimum absolute atomic E-state index is 0.267. The summed E-state index contributed by atoms with van der Waals surface area (Å²) >= 11 is 0. The van der Waals surface area contributed by atoms with Crippen molar-refractivity contribution in [2.45, 2.75) is 33.1 Å². The van der Waals surface area contributed by atoms with E-state index in [1.165, 1.54) is 0 Å². The summed E-state index contributed by atoms with van der Waals surface area (Å²) in [6.45, 7) is 4.76. The highest BCUT2D eigenvalue weighted by Crippen LogP contribution is 2.27. The van der Waals surface area contributed by atoms with Crippen molar-refractivity contribution in [1.82, 2.24) is 10.4 Å². The number of hydrogen-bond acceptors (Lipinski definition) is 5. The molecule has 0 atom stereocenters. The van der Waals surface area contributed by atoms with Crippen LogP contribution < -0.4 is 14.9 Å². The zero-order chi connectivity index (χ0) is 21.3. The van der Waals surface area contributed by atoms with E-state index in [2.05, 4.69) is 22.4 Å². The van der Waals surface area contributed by atoms with Crippen LogP contribution in [0.3, 0.4) is 0 Å². The quantitative estimate of drug-likeness (QED) is 0.412. The van der Waals surface area contributed by atoms with Crippen LogP contribution in [0.15, 0.2) is 53.6 Å². The van der Waals surface area contributed by atoms with Gasteiger partial charge in [0.1, 0.15) is 0 Å². The van der Waals surface area contributed by atoms with Crippen molar-refractivity contribution in [3.05, 3.63) is 65.4 Å². The summed E-state index contributed by atoms with van der Waals surface area (Å²) in [5, 5.41) is 4.94. The highest BCUT2D eigenvalue weighted by atomic mass is 16.5. The average Bonchev–Trinajstić information content (AvgIpc) is 2.77. The third-order valence-corrected chi connectivity index (χ3v) is 4.55. The van der Waals surface area contributed by atoms with Crippen molar-refractivity contribution in [2.24, 2.45) is 5.10 Å². The van der Waals surface area contributed by atoms with E-state index >= 15 is 0 Å². The third kappa shape index (κ3) is 5.14. The van der Waals surface area contributed by atoms with Gasteiger partial charge in [-0.1, -0.05) is 38.5 Å². The van der Waals surface area contributed by atoms with Gasteiger partial charge in [-0.05, 0) is 48.7 Å². The molecule has 1 heterocycles. The van der Waals surface area contributed by atoms with E-state index in [0.29, 0.717) is 23.7 Å². The Balaban J connectivity index is 1.78. The Hall–Kier alpha value is -3.41. The molecule has 0 aliphatic rings. The normalized spacial score (nSPS) is 11.0. The third-order valence-electron chi connectivity index (χ3n) is 4.55. The lowest BCUT2D eigenvalue weighted by atomic mass is 10.1. The van der Waals surface area contributed by atoms with Crippen LogP contribution in [0, 0.1) is 0 Å². The minimum Gasteiger partial charge on any atom is -0.493 e. The van der Waals surface area contributed by atoms with Gasteiger partial charge in [0.25, 0.3) is 5.91 Å². The first-order valence-electron chi connectivity index (χ1n) is 10.2. The number of aryl methyl sites for hydroxylation is 1. The zero-order valence-corrected chi connectivity index (χ0v) is 17.6. The first-order chi connectivity index (χ1) is 14.7. The number of para-hydroxylation sites is 1. The zero-order valence-electron chi connectivity index (χ0n) is 17.6. The number of hydrazone groups is 1. The number of methoxy groups -OCH3 is 1. The molecule has 156 valence electrons. The molecule has 1 N–H and O–H groups in total. The summed E-state index contributed by atoms with van der Waals surface area (Å²) in [6.07, 6.45) is 4.29. The fourth-order valence-electron chi connectivity index (χ4n) is 3.12. The Morgan fingerprint density at radius 2 is 1.93 bits per heavy atom. The smallest absolute Gasteiger partial charge is 0.272 e. The molecule has 0 spiro atoms. The molecule has 0 fully saturated rings. The first-order valence-corrected chi connectivity index (χ1v) is 10.2. The van der Waals surface area contributed by atoms with E-state index < -0.39 is 0 Å². The monoisotopic (exact) mass is 405 g/mol. The lowest BCUT2D eigenvalue weighted by Gasteiger charge is -2.10. The predicted octanol–water partition coefficient (Wildman–Crippen LogP) is 4.75. The number of nitrogens with zero attached hydrogens (tertiary/aromatic N) is 2. The molecule has 0 saturated carbocycles. The molecule has 3 rings (SSSR count). The highest BCUT2D eigenvalue weighted by Gasteiger charge is 2.12. The van der Waals surface area contributed by atoms with E-state index in [-0.39, 0.29) is 5.91 Å². The van der Waals surface area contributed by atoms with Gasteiger partial charge in [-0.15, -0.1) is 0 Å². The summed E-state index contributed by atoms with van der Waals surface area (Å²) in [5.74, 6) is 1.05. The number of amides is 1. The second-order valence-electron chi connectivity index (χ2n) is 6.89. The van der Waals surface area contributed by atoms with Crippen LogP contribution in [0.5, 0.6) is 11.5 Å². The van der Waals surface area contributed by atoms with Crippen molar-refractivity contribution >= 4 is 23.0 Å². The minimum atomic E-state index is -0.267. The van der Waals surface area contributed by atoms with Crippen molar-refractivity contribution < 1.29 is 14.3 Å². The standard InChI is InChI=1S/C24H27N3O3/c1-4-8-18-15-20(19-9-6-7-10-21(19)26-18)24(28)27-25-16-17-11-12-22(30-13-5-2)23(14-17)29-3/h6-7,9-12,14-16H,4-5,8,13H2,1-3H3,(H,27,28)/b25-16-. The van der Waals surface area contributed by atoms with Crippen molar-refractivity contribution in [3.8, 4) is 11.5 Å². The van der Waals surface area contributed by atoms with Gasteiger partial charge in [-0.2, -0.15) is 5.10 Å². The first kappa shape index (κ1) is 21.3. The topological polar surface area (TPSA) is 72.8 Å². The van der Waals surface area contributed by atoms with Crippen LogP contribution in [-0.4, -0.2) is 30.8 Å². The number of nitrogens with one attached hydrogen (secondary N) is 1. The van der Waals surface area contributed by atoms with Crippen LogP contribution in [0.25, 0.3) is 10.9 Å². The Morgan fingerprint density at radius 1 is 1.10 bits per heavy atom. The number of aromatic nitrogens is 1. The summed E-state index contributed by atoms with van der Waals surface area (Å²) in [7, 11) is 1.60. The second kappa shape index (κ2) is 10.4. The van der Waals surface area contributed by atoms with Gasteiger partial charge in [0, 0.05) is 11.1 Å². The fraction of sp³-hybridized carbons (Fsp3) is 0.292. The molecule has 0 aliphatic carbocycles. The van der Waals surface area contributed by atoms with Crippen LogP contribution in [0.2, 0.25) is 0 Å². The van der Waals surface area contributed by atoms with Gasteiger partial charge in [-0.25, -0.2) is 5.43 Å². The maximum absolute atomic E-state index is 12.8. The summed E-state index contributed by atoms with van der Waals surface area (Å²) in [6, 6.07) is 15.0. The molecule has 30 heavy (non-hydrogen) atoms. The molecule has 0 radical (unpaired) electrons. The largest absolute Gasteiger partial charge is 0.493 e. The van der Waals surface area contributed by atoms with Gasteiger partial charge < -0.3 is 9.47 Å². The Kier molecular flexibility index (Phi) is 7.38. The van der Waals surface area contributed by atoms with Crippen LogP contribution >= 0.6 is 0 Å². The maximum Gasteiger partial charge on any atom is 0.272 e. The molecule has 3 aromatic rings. The lowest BCUT2D eigenvalue weighted by molar-refractivity contribution is 0.0956. The van der Waals surface area contributed by atoms with Crippen LogP contribution in [-0.2, 0) is 6.42 Å². The predicted molar refractivity (Wildman–Crippen MR) is 120 cm³/mol. The summed E-state index contributed by atoms with van der Waals surface area (Å²) in [5.41, 5.74) is 5.70. The molecular formula is C24H27N3O3. The Bertz CT molecular complexity index is 1050. The maximum atomic E-state index is 12.8. The molecule has 2 aromatic carbocycles. The number of hydrogen-bond donors (Lipinski definition) is 1. The number of pyridine rings is 1. The molecule has 0 aliphatic heterocycles. The van der Waals surface area contributed by atoms with E-state index in [4.69, 9.17) is 9.47 Å².